The summed E-state index contributed by atoms with van der Waals surface area (Å²) in [7, 11) is 0. The van der Waals surface area contributed by atoms with Crippen LogP contribution in [0.15, 0.2) is 42.5 Å². The van der Waals surface area contributed by atoms with Gasteiger partial charge in [0.05, 0.1) is 6.04 Å². The lowest BCUT2D eigenvalue weighted by molar-refractivity contribution is 0.0932. The fourth-order valence-electron chi connectivity index (χ4n) is 2.93. The molecule has 0 radical (unpaired) electrons. The number of carbonyl (C=O) groups is 1. The highest BCUT2D eigenvalue weighted by molar-refractivity contribution is 5.94. The molecule has 0 saturated heterocycles. The van der Waals surface area contributed by atoms with Crippen LogP contribution in [0.3, 0.4) is 0 Å². The largest absolute Gasteiger partial charge is 0.345 e. The molecule has 108 valence electrons. The topological polar surface area (TPSA) is 29.1 Å². The van der Waals surface area contributed by atoms with Gasteiger partial charge in [-0.15, -0.1) is 0 Å². The molecule has 3 heteroatoms. The van der Waals surface area contributed by atoms with Gasteiger partial charge in [0.2, 0.25) is 0 Å². The molecule has 2 aromatic carbocycles. The summed E-state index contributed by atoms with van der Waals surface area (Å²) in [4.78, 5) is 12.4. The van der Waals surface area contributed by atoms with E-state index in [4.69, 9.17) is 0 Å². The van der Waals surface area contributed by atoms with Crippen LogP contribution < -0.4 is 5.32 Å². The van der Waals surface area contributed by atoms with Crippen LogP contribution in [-0.2, 0) is 6.42 Å². The Morgan fingerprint density at radius 3 is 2.86 bits per heavy atom. The van der Waals surface area contributed by atoms with Gasteiger partial charge in [0.15, 0.2) is 0 Å². The number of hydrogen-bond acceptors (Lipinski definition) is 1. The zero-order chi connectivity index (χ0) is 14.8. The third-order valence-corrected chi connectivity index (χ3v) is 4.09. The molecule has 0 bridgehead atoms. The highest BCUT2D eigenvalue weighted by Gasteiger charge is 2.21. The van der Waals surface area contributed by atoms with Crippen LogP contribution in [0.4, 0.5) is 4.39 Å². The van der Waals surface area contributed by atoms with Crippen LogP contribution in [0.2, 0.25) is 0 Å². The summed E-state index contributed by atoms with van der Waals surface area (Å²) in [6, 6.07) is 12.8. The Morgan fingerprint density at radius 2 is 2.05 bits per heavy atom. The van der Waals surface area contributed by atoms with Gasteiger partial charge in [0.1, 0.15) is 5.82 Å². The molecule has 0 aliphatic heterocycles. The van der Waals surface area contributed by atoms with Crippen molar-refractivity contribution in [3.05, 3.63) is 70.5 Å². The SMILES string of the molecule is Cc1cc(C(=O)NC2CCCc3ccccc32)ccc1F. The first-order valence-corrected chi connectivity index (χ1v) is 7.30. The van der Waals surface area contributed by atoms with E-state index in [1.165, 1.54) is 23.3 Å². The number of hydrogen-bond donors (Lipinski definition) is 1. The molecule has 0 aromatic heterocycles. The van der Waals surface area contributed by atoms with Gasteiger partial charge >= 0.3 is 0 Å². The smallest absolute Gasteiger partial charge is 0.251 e. The van der Waals surface area contributed by atoms with Gasteiger partial charge in [0.25, 0.3) is 5.91 Å². The number of carbonyl (C=O) groups excluding carboxylic acids is 1. The number of nitrogens with one attached hydrogen (secondary N) is 1. The minimum atomic E-state index is -0.283. The van der Waals surface area contributed by atoms with E-state index in [1.54, 1.807) is 13.0 Å². The van der Waals surface area contributed by atoms with Crippen molar-refractivity contribution >= 4 is 5.91 Å². The van der Waals surface area contributed by atoms with Crippen LogP contribution in [0.25, 0.3) is 0 Å². The molecule has 1 N–H and O–H groups in total. The van der Waals surface area contributed by atoms with Crippen molar-refractivity contribution in [3.63, 3.8) is 0 Å². The number of fused-ring (bicyclic) bond motifs is 1. The maximum atomic E-state index is 13.3. The lowest BCUT2D eigenvalue weighted by atomic mass is 9.87. The molecule has 3 rings (SSSR count). The first-order chi connectivity index (χ1) is 10.1. The van der Waals surface area contributed by atoms with Crippen molar-refractivity contribution in [2.45, 2.75) is 32.2 Å². The van der Waals surface area contributed by atoms with E-state index in [0.29, 0.717) is 11.1 Å². The Labute approximate surface area is 124 Å². The second-order valence-electron chi connectivity index (χ2n) is 5.58. The van der Waals surface area contributed by atoms with Crippen LogP contribution >= 0.6 is 0 Å². The molecule has 1 aliphatic carbocycles. The van der Waals surface area contributed by atoms with E-state index in [2.05, 4.69) is 17.4 Å². The number of halogens is 1. The molecule has 0 saturated carbocycles. The van der Waals surface area contributed by atoms with Gasteiger partial charge in [0, 0.05) is 5.56 Å². The van der Waals surface area contributed by atoms with Crippen LogP contribution in [0.5, 0.6) is 0 Å². The Hall–Kier alpha value is -2.16. The third kappa shape index (κ3) is 2.82. The van der Waals surface area contributed by atoms with E-state index < -0.39 is 0 Å². The predicted molar refractivity (Wildman–Crippen MR) is 80.7 cm³/mol. The molecule has 1 amide bonds. The van der Waals surface area contributed by atoms with Gasteiger partial charge in [-0.2, -0.15) is 0 Å². The predicted octanol–water partition coefficient (Wildman–Crippen LogP) is 3.94. The zero-order valence-electron chi connectivity index (χ0n) is 12.0. The highest BCUT2D eigenvalue weighted by atomic mass is 19.1. The fraction of sp³-hybridized carbons (Fsp3) is 0.278. The summed E-state index contributed by atoms with van der Waals surface area (Å²) in [5.41, 5.74) is 3.52. The van der Waals surface area contributed by atoms with E-state index in [1.807, 2.05) is 12.1 Å². The van der Waals surface area contributed by atoms with Crippen molar-refractivity contribution in [1.29, 1.82) is 0 Å². The summed E-state index contributed by atoms with van der Waals surface area (Å²) in [5.74, 6) is -0.422. The number of benzene rings is 2. The molecule has 0 heterocycles. The van der Waals surface area contributed by atoms with Crippen molar-refractivity contribution in [1.82, 2.24) is 5.32 Å². The second-order valence-corrected chi connectivity index (χ2v) is 5.58. The standard InChI is InChI=1S/C18H18FNO/c1-12-11-14(9-10-16(12)19)18(21)20-17-8-4-6-13-5-2-3-7-15(13)17/h2-3,5,7,9-11,17H,4,6,8H2,1H3,(H,20,21). The van der Waals surface area contributed by atoms with Crippen molar-refractivity contribution in [3.8, 4) is 0 Å². The monoisotopic (exact) mass is 283 g/mol. The molecule has 0 spiro atoms. The van der Waals surface area contributed by atoms with Crippen LogP contribution in [-0.4, -0.2) is 5.91 Å². The molecule has 1 aliphatic rings. The van der Waals surface area contributed by atoms with Crippen molar-refractivity contribution < 1.29 is 9.18 Å². The molecule has 2 aromatic rings. The summed E-state index contributed by atoms with van der Waals surface area (Å²) >= 11 is 0. The Bertz CT molecular complexity index is 681. The third-order valence-electron chi connectivity index (χ3n) is 4.09. The molecule has 1 unspecified atom stereocenters. The van der Waals surface area contributed by atoms with Gasteiger partial charge in [-0.1, -0.05) is 24.3 Å². The minimum absolute atomic E-state index is 0.0489. The molecular formula is C18H18FNO. The Kier molecular flexibility index (Phi) is 3.74. The van der Waals surface area contributed by atoms with Crippen LogP contribution in [0, 0.1) is 12.7 Å². The highest BCUT2D eigenvalue weighted by Crippen LogP contribution is 2.29. The average molecular weight is 283 g/mol. The van der Waals surface area contributed by atoms with Gasteiger partial charge in [-0.05, 0) is 61.1 Å². The summed E-state index contributed by atoms with van der Waals surface area (Å²) in [6.07, 6.45) is 3.09. The average Bonchev–Trinajstić information content (AvgIpc) is 2.50. The minimum Gasteiger partial charge on any atom is -0.345 e. The Morgan fingerprint density at radius 1 is 1.24 bits per heavy atom. The normalized spacial score (nSPS) is 17.1. The fourth-order valence-corrected chi connectivity index (χ4v) is 2.93. The number of aryl methyl sites for hydroxylation is 2. The number of rotatable bonds is 2. The first-order valence-electron chi connectivity index (χ1n) is 7.30. The summed E-state index contributed by atoms with van der Waals surface area (Å²) in [5, 5.41) is 3.08. The molecule has 1 atom stereocenters. The van der Waals surface area contributed by atoms with Gasteiger partial charge in [-0.25, -0.2) is 4.39 Å². The zero-order valence-corrected chi connectivity index (χ0v) is 12.0. The lowest BCUT2D eigenvalue weighted by Crippen LogP contribution is -2.31. The molecule has 2 nitrogen and oxygen atoms in total. The lowest BCUT2D eigenvalue weighted by Gasteiger charge is -2.26. The molecular weight excluding hydrogens is 265 g/mol. The van der Waals surface area contributed by atoms with Crippen molar-refractivity contribution in [2.75, 3.05) is 0 Å². The van der Waals surface area contributed by atoms with Crippen LogP contribution in [0.1, 0.15) is 45.9 Å². The first kappa shape index (κ1) is 13.8. The maximum Gasteiger partial charge on any atom is 0.251 e. The Balaban J connectivity index is 1.81. The quantitative estimate of drug-likeness (QED) is 0.888. The van der Waals surface area contributed by atoms with Gasteiger partial charge < -0.3 is 5.32 Å². The number of amides is 1. The summed E-state index contributed by atoms with van der Waals surface area (Å²) in [6.45, 7) is 1.67. The van der Waals surface area contributed by atoms with Gasteiger partial charge in [-0.3, -0.25) is 4.79 Å². The van der Waals surface area contributed by atoms with E-state index >= 15 is 0 Å². The second kappa shape index (κ2) is 5.68. The van der Waals surface area contributed by atoms with E-state index in [9.17, 15) is 9.18 Å². The molecule has 0 fully saturated rings. The van der Waals surface area contributed by atoms with E-state index in [-0.39, 0.29) is 17.8 Å². The van der Waals surface area contributed by atoms with Crippen molar-refractivity contribution in [2.24, 2.45) is 0 Å². The summed E-state index contributed by atoms with van der Waals surface area (Å²) < 4.78 is 13.3. The molecule has 21 heavy (non-hydrogen) atoms. The maximum absolute atomic E-state index is 13.3. The van der Waals surface area contributed by atoms with E-state index in [0.717, 1.165) is 19.3 Å².